The number of nitrogens with zero attached hydrogens (tertiary/aromatic N) is 1. The van der Waals surface area contributed by atoms with E-state index in [1.807, 2.05) is 13.0 Å². The normalized spacial score (nSPS) is 26.1. The standard InChI is InChI=1S/C16H24N2O2/c1-10-6-5-7-14(11(10)2)18-15-9-8-13(12(3)17-15)16(19)20-4/h8-11,14H,5-7H2,1-4H3,(H,17,18). The molecule has 0 saturated heterocycles. The summed E-state index contributed by atoms with van der Waals surface area (Å²) in [6.07, 6.45) is 3.76. The molecule has 3 atom stereocenters. The molecule has 1 fully saturated rings. The summed E-state index contributed by atoms with van der Waals surface area (Å²) in [5.41, 5.74) is 1.24. The number of carbonyl (C=O) groups excluding carboxylic acids is 1. The van der Waals surface area contributed by atoms with Crippen LogP contribution in [0.25, 0.3) is 0 Å². The third-order valence-corrected chi connectivity index (χ3v) is 4.53. The number of nitrogens with one attached hydrogen (secondary N) is 1. The number of hydrogen-bond donors (Lipinski definition) is 1. The molecule has 1 aromatic rings. The van der Waals surface area contributed by atoms with Crippen LogP contribution in [0.2, 0.25) is 0 Å². The van der Waals surface area contributed by atoms with Crippen molar-refractivity contribution in [2.45, 2.75) is 46.1 Å². The van der Waals surface area contributed by atoms with E-state index in [2.05, 4.69) is 24.1 Å². The van der Waals surface area contributed by atoms with Gasteiger partial charge in [-0.1, -0.05) is 26.7 Å². The molecule has 0 aromatic carbocycles. The number of esters is 1. The Kier molecular flexibility index (Phi) is 4.63. The first kappa shape index (κ1) is 14.8. The van der Waals surface area contributed by atoms with Gasteiger partial charge in [-0.2, -0.15) is 0 Å². The second-order valence-corrected chi connectivity index (χ2v) is 5.84. The summed E-state index contributed by atoms with van der Waals surface area (Å²) in [4.78, 5) is 16.0. The summed E-state index contributed by atoms with van der Waals surface area (Å²) in [6.45, 7) is 6.46. The highest BCUT2D eigenvalue weighted by Gasteiger charge is 2.27. The van der Waals surface area contributed by atoms with Gasteiger partial charge in [-0.3, -0.25) is 0 Å². The van der Waals surface area contributed by atoms with Gasteiger partial charge in [0.2, 0.25) is 0 Å². The fourth-order valence-electron chi connectivity index (χ4n) is 2.94. The van der Waals surface area contributed by atoms with Crippen LogP contribution in [0.1, 0.15) is 49.2 Å². The zero-order chi connectivity index (χ0) is 14.7. The molecular formula is C16H24N2O2. The van der Waals surface area contributed by atoms with Gasteiger partial charge in [-0.05, 0) is 37.3 Å². The zero-order valence-electron chi connectivity index (χ0n) is 12.8. The number of anilines is 1. The number of rotatable bonds is 3. The number of aromatic nitrogens is 1. The Balaban J connectivity index is 2.10. The molecule has 20 heavy (non-hydrogen) atoms. The first-order valence-electron chi connectivity index (χ1n) is 7.35. The van der Waals surface area contributed by atoms with E-state index in [0.717, 1.165) is 11.7 Å². The van der Waals surface area contributed by atoms with Crippen molar-refractivity contribution in [2.75, 3.05) is 12.4 Å². The third-order valence-electron chi connectivity index (χ3n) is 4.53. The summed E-state index contributed by atoms with van der Waals surface area (Å²) < 4.78 is 4.74. The zero-order valence-corrected chi connectivity index (χ0v) is 12.8. The second kappa shape index (κ2) is 6.25. The Labute approximate surface area is 120 Å². The Morgan fingerprint density at radius 1 is 1.35 bits per heavy atom. The quantitative estimate of drug-likeness (QED) is 0.860. The van der Waals surface area contributed by atoms with E-state index in [9.17, 15) is 4.79 Å². The lowest BCUT2D eigenvalue weighted by molar-refractivity contribution is 0.0599. The SMILES string of the molecule is COC(=O)c1ccc(NC2CCCC(C)C2C)nc1C. The van der Waals surface area contributed by atoms with Crippen LogP contribution in [0, 0.1) is 18.8 Å². The molecule has 4 nitrogen and oxygen atoms in total. The molecule has 1 aliphatic rings. The molecule has 4 heteroatoms. The highest BCUT2D eigenvalue weighted by Crippen LogP contribution is 2.31. The average molecular weight is 276 g/mol. The Hall–Kier alpha value is -1.58. The van der Waals surface area contributed by atoms with Crippen LogP contribution in [0.3, 0.4) is 0 Å². The van der Waals surface area contributed by atoms with Crippen LogP contribution >= 0.6 is 0 Å². The van der Waals surface area contributed by atoms with Crippen LogP contribution < -0.4 is 5.32 Å². The Morgan fingerprint density at radius 2 is 2.10 bits per heavy atom. The minimum Gasteiger partial charge on any atom is -0.465 e. The topological polar surface area (TPSA) is 51.2 Å². The Bertz CT molecular complexity index is 487. The largest absolute Gasteiger partial charge is 0.465 e. The first-order valence-corrected chi connectivity index (χ1v) is 7.35. The van der Waals surface area contributed by atoms with Crippen LogP contribution in [-0.4, -0.2) is 24.1 Å². The van der Waals surface area contributed by atoms with Crippen molar-refractivity contribution in [2.24, 2.45) is 11.8 Å². The smallest absolute Gasteiger partial charge is 0.339 e. The second-order valence-electron chi connectivity index (χ2n) is 5.84. The molecule has 0 spiro atoms. The maximum absolute atomic E-state index is 11.5. The molecule has 0 bridgehead atoms. The molecule has 0 amide bonds. The molecule has 1 heterocycles. The van der Waals surface area contributed by atoms with Gasteiger partial charge in [0.05, 0.1) is 18.4 Å². The third kappa shape index (κ3) is 3.11. The predicted octanol–water partition coefficient (Wildman–Crippen LogP) is 3.41. The predicted molar refractivity (Wildman–Crippen MR) is 79.9 cm³/mol. The van der Waals surface area contributed by atoms with Gasteiger partial charge >= 0.3 is 5.97 Å². The molecule has 1 saturated carbocycles. The van der Waals surface area contributed by atoms with Gasteiger partial charge < -0.3 is 10.1 Å². The lowest BCUT2D eigenvalue weighted by atomic mass is 9.78. The molecule has 1 aromatic heterocycles. The van der Waals surface area contributed by atoms with Crippen molar-refractivity contribution in [3.63, 3.8) is 0 Å². The summed E-state index contributed by atoms with van der Waals surface area (Å²) >= 11 is 0. The van der Waals surface area contributed by atoms with E-state index in [0.29, 0.717) is 23.2 Å². The van der Waals surface area contributed by atoms with Crippen LogP contribution in [0.15, 0.2) is 12.1 Å². The van der Waals surface area contributed by atoms with Crippen molar-refractivity contribution in [1.82, 2.24) is 4.98 Å². The van der Waals surface area contributed by atoms with E-state index in [4.69, 9.17) is 4.74 Å². The number of carbonyl (C=O) groups is 1. The number of ether oxygens (including phenoxy) is 1. The fraction of sp³-hybridized carbons (Fsp3) is 0.625. The van der Waals surface area contributed by atoms with E-state index < -0.39 is 0 Å². The van der Waals surface area contributed by atoms with E-state index in [1.165, 1.54) is 26.4 Å². The Morgan fingerprint density at radius 3 is 2.75 bits per heavy atom. The molecule has 110 valence electrons. The number of pyridine rings is 1. The fourth-order valence-corrected chi connectivity index (χ4v) is 2.94. The number of methoxy groups -OCH3 is 1. The van der Waals surface area contributed by atoms with Gasteiger partial charge in [0.1, 0.15) is 5.82 Å². The van der Waals surface area contributed by atoms with Gasteiger partial charge in [0, 0.05) is 6.04 Å². The summed E-state index contributed by atoms with van der Waals surface area (Å²) in [5.74, 6) is 1.91. The molecule has 2 rings (SSSR count). The van der Waals surface area contributed by atoms with Crippen LogP contribution in [0.5, 0.6) is 0 Å². The van der Waals surface area contributed by atoms with Gasteiger partial charge in [0.15, 0.2) is 0 Å². The van der Waals surface area contributed by atoms with Crippen LogP contribution in [0.4, 0.5) is 5.82 Å². The summed E-state index contributed by atoms with van der Waals surface area (Å²) in [6, 6.07) is 4.12. The van der Waals surface area contributed by atoms with Crippen molar-refractivity contribution in [1.29, 1.82) is 0 Å². The van der Waals surface area contributed by atoms with Gasteiger partial charge in [-0.25, -0.2) is 9.78 Å². The van der Waals surface area contributed by atoms with E-state index in [1.54, 1.807) is 6.07 Å². The number of aryl methyl sites for hydroxylation is 1. The lowest BCUT2D eigenvalue weighted by Gasteiger charge is -2.35. The average Bonchev–Trinajstić information content (AvgIpc) is 2.43. The minimum atomic E-state index is -0.332. The van der Waals surface area contributed by atoms with Crippen molar-refractivity contribution < 1.29 is 9.53 Å². The minimum absolute atomic E-state index is 0.332. The number of hydrogen-bond acceptors (Lipinski definition) is 4. The van der Waals surface area contributed by atoms with Crippen molar-refractivity contribution in [3.8, 4) is 0 Å². The van der Waals surface area contributed by atoms with Crippen LogP contribution in [-0.2, 0) is 4.74 Å². The molecule has 0 aliphatic heterocycles. The molecule has 0 radical (unpaired) electrons. The molecule has 1 aliphatic carbocycles. The van der Waals surface area contributed by atoms with E-state index >= 15 is 0 Å². The maximum atomic E-state index is 11.5. The van der Waals surface area contributed by atoms with Crippen molar-refractivity contribution in [3.05, 3.63) is 23.4 Å². The van der Waals surface area contributed by atoms with Crippen molar-refractivity contribution >= 4 is 11.8 Å². The highest BCUT2D eigenvalue weighted by molar-refractivity contribution is 5.90. The van der Waals surface area contributed by atoms with E-state index in [-0.39, 0.29) is 5.97 Å². The van der Waals surface area contributed by atoms with Gasteiger partial charge in [0.25, 0.3) is 0 Å². The molecule has 1 N–H and O–H groups in total. The summed E-state index contributed by atoms with van der Waals surface area (Å²) in [5, 5.41) is 3.52. The maximum Gasteiger partial charge on any atom is 0.339 e. The lowest BCUT2D eigenvalue weighted by Crippen LogP contribution is -2.35. The summed E-state index contributed by atoms with van der Waals surface area (Å²) in [7, 11) is 1.39. The van der Waals surface area contributed by atoms with Gasteiger partial charge in [-0.15, -0.1) is 0 Å². The molecule has 3 unspecified atom stereocenters. The molecular weight excluding hydrogens is 252 g/mol. The first-order chi connectivity index (χ1) is 9.52. The highest BCUT2D eigenvalue weighted by atomic mass is 16.5. The monoisotopic (exact) mass is 276 g/mol.